The van der Waals surface area contributed by atoms with Crippen molar-refractivity contribution in [1.29, 1.82) is 0 Å². The summed E-state index contributed by atoms with van der Waals surface area (Å²) in [5.41, 5.74) is 6.61. The van der Waals surface area contributed by atoms with Gasteiger partial charge in [0, 0.05) is 0 Å². The maximum atomic E-state index is 5.53. The standard InChI is InChI=1S/C11H19N3O/c1-8-11(13-10(7-12)15-8)9-5-3-4-6-14(9)2/h9H,3-7,12H2,1-2H3. The lowest BCUT2D eigenvalue weighted by Gasteiger charge is -2.31. The summed E-state index contributed by atoms with van der Waals surface area (Å²) in [5, 5.41) is 0. The lowest BCUT2D eigenvalue weighted by Crippen LogP contribution is -2.30. The molecule has 0 aromatic carbocycles. The number of nitrogens with zero attached hydrogens (tertiary/aromatic N) is 2. The quantitative estimate of drug-likeness (QED) is 0.803. The Morgan fingerprint density at radius 2 is 2.33 bits per heavy atom. The van der Waals surface area contributed by atoms with Gasteiger partial charge in [0.2, 0.25) is 5.89 Å². The predicted octanol–water partition coefficient (Wildman–Crippen LogP) is 1.60. The van der Waals surface area contributed by atoms with Crippen LogP contribution in [-0.2, 0) is 6.54 Å². The molecule has 1 saturated heterocycles. The fourth-order valence-electron chi connectivity index (χ4n) is 2.28. The normalized spacial score (nSPS) is 23.3. The number of oxazole rings is 1. The fourth-order valence-corrected chi connectivity index (χ4v) is 2.28. The van der Waals surface area contributed by atoms with Gasteiger partial charge in [0.25, 0.3) is 0 Å². The van der Waals surface area contributed by atoms with Gasteiger partial charge in [0.15, 0.2) is 0 Å². The van der Waals surface area contributed by atoms with Crippen LogP contribution in [0.25, 0.3) is 0 Å². The van der Waals surface area contributed by atoms with Gasteiger partial charge < -0.3 is 10.2 Å². The van der Waals surface area contributed by atoms with E-state index in [4.69, 9.17) is 10.2 Å². The van der Waals surface area contributed by atoms with E-state index in [1.54, 1.807) is 0 Å². The van der Waals surface area contributed by atoms with E-state index in [-0.39, 0.29) is 0 Å². The average Bonchev–Trinajstić information content (AvgIpc) is 2.60. The number of nitrogens with two attached hydrogens (primary N) is 1. The maximum absolute atomic E-state index is 5.53. The summed E-state index contributed by atoms with van der Waals surface area (Å²) in [6, 6.07) is 0.419. The second kappa shape index (κ2) is 4.33. The lowest BCUT2D eigenvalue weighted by atomic mass is 9.99. The van der Waals surface area contributed by atoms with Crippen LogP contribution in [0.3, 0.4) is 0 Å². The van der Waals surface area contributed by atoms with Crippen molar-refractivity contribution < 1.29 is 4.42 Å². The third-order valence-corrected chi connectivity index (χ3v) is 3.14. The summed E-state index contributed by atoms with van der Waals surface area (Å²) in [6.45, 7) is 3.51. The molecule has 1 unspecified atom stereocenters. The van der Waals surface area contributed by atoms with Crippen molar-refractivity contribution in [1.82, 2.24) is 9.88 Å². The average molecular weight is 209 g/mol. The minimum atomic E-state index is 0.386. The highest BCUT2D eigenvalue weighted by atomic mass is 16.4. The largest absolute Gasteiger partial charge is 0.444 e. The lowest BCUT2D eigenvalue weighted by molar-refractivity contribution is 0.182. The summed E-state index contributed by atoms with van der Waals surface area (Å²) >= 11 is 0. The Morgan fingerprint density at radius 3 is 2.93 bits per heavy atom. The highest BCUT2D eigenvalue weighted by Crippen LogP contribution is 2.30. The van der Waals surface area contributed by atoms with Crippen LogP contribution in [-0.4, -0.2) is 23.5 Å². The zero-order valence-electron chi connectivity index (χ0n) is 9.49. The van der Waals surface area contributed by atoms with Crippen LogP contribution in [0.2, 0.25) is 0 Å². The molecule has 0 amide bonds. The Balaban J connectivity index is 2.23. The molecule has 0 aliphatic carbocycles. The number of aromatic nitrogens is 1. The first-order valence-electron chi connectivity index (χ1n) is 5.59. The molecule has 1 fully saturated rings. The molecule has 4 nitrogen and oxygen atoms in total. The third-order valence-electron chi connectivity index (χ3n) is 3.14. The first kappa shape index (κ1) is 10.6. The Kier molecular flexibility index (Phi) is 3.07. The van der Waals surface area contributed by atoms with Gasteiger partial charge in [0.05, 0.1) is 18.3 Å². The van der Waals surface area contributed by atoms with Gasteiger partial charge in [-0.1, -0.05) is 6.42 Å². The number of hydrogen-bond acceptors (Lipinski definition) is 4. The van der Waals surface area contributed by atoms with E-state index >= 15 is 0 Å². The van der Waals surface area contributed by atoms with E-state index < -0.39 is 0 Å². The van der Waals surface area contributed by atoms with Crippen LogP contribution >= 0.6 is 0 Å². The predicted molar refractivity (Wildman–Crippen MR) is 58.4 cm³/mol. The minimum Gasteiger partial charge on any atom is -0.444 e. The van der Waals surface area contributed by atoms with Crippen LogP contribution in [0, 0.1) is 6.92 Å². The van der Waals surface area contributed by atoms with E-state index in [9.17, 15) is 0 Å². The van der Waals surface area contributed by atoms with Gasteiger partial charge in [0.1, 0.15) is 5.76 Å². The van der Waals surface area contributed by atoms with Crippen molar-refractivity contribution in [3.63, 3.8) is 0 Å². The molecular formula is C11H19N3O. The van der Waals surface area contributed by atoms with E-state index in [0.717, 1.165) is 18.0 Å². The molecule has 1 aromatic heterocycles. The minimum absolute atomic E-state index is 0.386. The van der Waals surface area contributed by atoms with Crippen molar-refractivity contribution in [2.24, 2.45) is 5.73 Å². The molecule has 0 radical (unpaired) electrons. The molecule has 0 spiro atoms. The molecule has 1 aliphatic heterocycles. The third kappa shape index (κ3) is 2.06. The van der Waals surface area contributed by atoms with Crippen LogP contribution < -0.4 is 5.73 Å². The van der Waals surface area contributed by atoms with Crippen molar-refractivity contribution in [3.8, 4) is 0 Å². The first-order chi connectivity index (χ1) is 7.22. The molecule has 0 saturated carbocycles. The van der Waals surface area contributed by atoms with Gasteiger partial charge in [-0.3, -0.25) is 4.90 Å². The number of aryl methyl sites for hydroxylation is 1. The second-order valence-electron chi connectivity index (χ2n) is 4.25. The monoisotopic (exact) mass is 209 g/mol. The van der Waals surface area contributed by atoms with Gasteiger partial charge in [-0.25, -0.2) is 4.98 Å². The highest BCUT2D eigenvalue weighted by molar-refractivity contribution is 5.14. The Bertz CT molecular complexity index is 335. The van der Waals surface area contributed by atoms with E-state index in [1.807, 2.05) is 6.92 Å². The summed E-state index contributed by atoms with van der Waals surface area (Å²) in [7, 11) is 2.15. The van der Waals surface area contributed by atoms with Gasteiger partial charge in [-0.05, 0) is 33.4 Å². The Hall–Kier alpha value is -0.870. The zero-order valence-corrected chi connectivity index (χ0v) is 9.49. The highest BCUT2D eigenvalue weighted by Gasteiger charge is 2.25. The Morgan fingerprint density at radius 1 is 1.53 bits per heavy atom. The smallest absolute Gasteiger partial charge is 0.208 e. The number of rotatable bonds is 2. The van der Waals surface area contributed by atoms with E-state index in [2.05, 4.69) is 16.9 Å². The molecular weight excluding hydrogens is 190 g/mol. The zero-order chi connectivity index (χ0) is 10.8. The molecule has 2 heterocycles. The number of likely N-dealkylation sites (tertiary alicyclic amines) is 1. The fraction of sp³-hybridized carbons (Fsp3) is 0.727. The molecule has 2 rings (SSSR count). The molecule has 1 aromatic rings. The summed E-state index contributed by atoms with van der Waals surface area (Å²) < 4.78 is 5.50. The van der Waals surface area contributed by atoms with E-state index in [1.165, 1.54) is 19.3 Å². The van der Waals surface area contributed by atoms with Crippen molar-refractivity contribution in [2.75, 3.05) is 13.6 Å². The van der Waals surface area contributed by atoms with Crippen molar-refractivity contribution >= 4 is 0 Å². The number of piperidine rings is 1. The van der Waals surface area contributed by atoms with Gasteiger partial charge in [-0.15, -0.1) is 0 Å². The molecule has 4 heteroatoms. The van der Waals surface area contributed by atoms with Crippen LogP contribution in [0.4, 0.5) is 0 Å². The van der Waals surface area contributed by atoms with Crippen molar-refractivity contribution in [3.05, 3.63) is 17.3 Å². The molecule has 1 atom stereocenters. The maximum Gasteiger partial charge on any atom is 0.208 e. The topological polar surface area (TPSA) is 55.3 Å². The molecule has 1 aliphatic rings. The van der Waals surface area contributed by atoms with Crippen LogP contribution in [0.5, 0.6) is 0 Å². The number of hydrogen-bond donors (Lipinski definition) is 1. The van der Waals surface area contributed by atoms with Crippen molar-refractivity contribution in [2.45, 2.75) is 38.8 Å². The van der Waals surface area contributed by atoms with Crippen LogP contribution in [0.15, 0.2) is 4.42 Å². The molecule has 15 heavy (non-hydrogen) atoms. The molecule has 0 bridgehead atoms. The van der Waals surface area contributed by atoms with Gasteiger partial charge >= 0.3 is 0 Å². The summed E-state index contributed by atoms with van der Waals surface area (Å²) in [5.74, 6) is 1.58. The van der Waals surface area contributed by atoms with Gasteiger partial charge in [-0.2, -0.15) is 0 Å². The molecule has 84 valence electrons. The first-order valence-corrected chi connectivity index (χ1v) is 5.59. The SMILES string of the molecule is Cc1oc(CN)nc1C1CCCCN1C. The van der Waals surface area contributed by atoms with Crippen LogP contribution in [0.1, 0.15) is 42.6 Å². The van der Waals surface area contributed by atoms with E-state index in [0.29, 0.717) is 18.5 Å². The second-order valence-corrected chi connectivity index (χ2v) is 4.25. The Labute approximate surface area is 90.5 Å². The summed E-state index contributed by atoms with van der Waals surface area (Å²) in [6.07, 6.45) is 3.74. The molecule has 2 N–H and O–H groups in total. The summed E-state index contributed by atoms with van der Waals surface area (Å²) in [4.78, 5) is 6.82.